The van der Waals surface area contributed by atoms with Crippen molar-refractivity contribution >= 4 is 11.6 Å². The van der Waals surface area contributed by atoms with Crippen LogP contribution in [-0.2, 0) is 19.6 Å². The second-order valence-corrected chi connectivity index (χ2v) is 9.00. The zero-order chi connectivity index (χ0) is 25.1. The molecule has 0 spiro atoms. The molecule has 0 heterocycles. The third kappa shape index (κ3) is 4.58. The molecule has 0 radical (unpaired) electrons. The number of allylic oxidation sites excluding steroid dienone is 1. The van der Waals surface area contributed by atoms with Gasteiger partial charge in [0.1, 0.15) is 24.7 Å². The van der Waals surface area contributed by atoms with Crippen molar-refractivity contribution < 1.29 is 19.1 Å². The predicted molar refractivity (Wildman–Crippen MR) is 140 cm³/mol. The SMILES string of the molecule is C=C(C)Cc1ccc2c(c1OCc1ccccc1)C(=O)c1cccc(OCc3ccccc3)c1C2=O. The quantitative estimate of drug-likeness (QED) is 0.234. The van der Waals surface area contributed by atoms with Gasteiger partial charge in [0.05, 0.1) is 11.1 Å². The standard InChI is InChI=1S/C32H26O4/c1-21(2)18-24-16-17-26-29(32(24)36-20-23-12-7-4-8-13-23)31(34)25-14-9-15-27(28(25)30(26)33)35-19-22-10-5-3-6-11-22/h3-17H,1,18-20H2,2H3. The second-order valence-electron chi connectivity index (χ2n) is 9.00. The van der Waals surface area contributed by atoms with Gasteiger partial charge in [0, 0.05) is 11.1 Å². The van der Waals surface area contributed by atoms with Gasteiger partial charge in [-0.2, -0.15) is 0 Å². The summed E-state index contributed by atoms with van der Waals surface area (Å²) in [5.74, 6) is 0.364. The van der Waals surface area contributed by atoms with E-state index in [1.54, 1.807) is 24.3 Å². The summed E-state index contributed by atoms with van der Waals surface area (Å²) >= 11 is 0. The summed E-state index contributed by atoms with van der Waals surface area (Å²) in [6, 6.07) is 28.2. The minimum atomic E-state index is -0.241. The van der Waals surface area contributed by atoms with Crippen LogP contribution in [0.1, 0.15) is 55.5 Å². The van der Waals surface area contributed by atoms with Crippen LogP contribution in [0.3, 0.4) is 0 Å². The van der Waals surface area contributed by atoms with Crippen LogP contribution in [0.2, 0.25) is 0 Å². The fourth-order valence-corrected chi connectivity index (χ4v) is 4.48. The molecule has 0 aromatic heterocycles. The molecule has 1 aliphatic carbocycles. The lowest BCUT2D eigenvalue weighted by atomic mass is 9.81. The largest absolute Gasteiger partial charge is 0.488 e. The van der Waals surface area contributed by atoms with Crippen LogP contribution in [0.25, 0.3) is 0 Å². The predicted octanol–water partition coefficient (Wildman–Crippen LogP) is 6.74. The highest BCUT2D eigenvalue weighted by atomic mass is 16.5. The van der Waals surface area contributed by atoms with Gasteiger partial charge in [-0.3, -0.25) is 9.59 Å². The van der Waals surface area contributed by atoms with Crippen molar-refractivity contribution in [3.05, 3.63) is 142 Å². The number of carbonyl (C=O) groups excluding carboxylic acids is 2. The van der Waals surface area contributed by atoms with Gasteiger partial charge in [0.15, 0.2) is 11.6 Å². The first-order valence-electron chi connectivity index (χ1n) is 11.9. The van der Waals surface area contributed by atoms with Crippen LogP contribution in [0.15, 0.2) is 103 Å². The number of fused-ring (bicyclic) bond motifs is 2. The first-order valence-corrected chi connectivity index (χ1v) is 11.9. The Morgan fingerprint density at radius 3 is 1.89 bits per heavy atom. The Morgan fingerprint density at radius 2 is 1.25 bits per heavy atom. The first kappa shape index (κ1) is 23.3. The fraction of sp³-hybridized carbons (Fsp3) is 0.125. The molecule has 0 bridgehead atoms. The topological polar surface area (TPSA) is 52.6 Å². The van der Waals surface area contributed by atoms with Gasteiger partial charge in [-0.15, -0.1) is 0 Å². The van der Waals surface area contributed by atoms with E-state index in [4.69, 9.17) is 9.47 Å². The Kier molecular flexibility index (Phi) is 6.50. The lowest BCUT2D eigenvalue weighted by Crippen LogP contribution is -2.23. The van der Waals surface area contributed by atoms with E-state index < -0.39 is 0 Å². The summed E-state index contributed by atoms with van der Waals surface area (Å²) in [6.45, 7) is 6.54. The van der Waals surface area contributed by atoms with Crippen molar-refractivity contribution in [1.82, 2.24) is 0 Å². The van der Waals surface area contributed by atoms with E-state index in [2.05, 4.69) is 6.58 Å². The van der Waals surface area contributed by atoms with Crippen LogP contribution in [-0.4, -0.2) is 11.6 Å². The maximum atomic E-state index is 13.8. The van der Waals surface area contributed by atoms with Gasteiger partial charge in [-0.05, 0) is 42.2 Å². The molecule has 4 aromatic carbocycles. The number of carbonyl (C=O) groups is 2. The van der Waals surface area contributed by atoms with E-state index in [1.807, 2.05) is 73.7 Å². The Bertz CT molecular complexity index is 1450. The van der Waals surface area contributed by atoms with E-state index in [-0.39, 0.29) is 18.2 Å². The molecule has 0 atom stereocenters. The number of benzene rings is 4. The molecule has 0 unspecified atom stereocenters. The van der Waals surface area contributed by atoms with Gasteiger partial charge < -0.3 is 9.47 Å². The zero-order valence-electron chi connectivity index (χ0n) is 20.1. The number of hydrogen-bond acceptors (Lipinski definition) is 4. The number of hydrogen-bond donors (Lipinski definition) is 0. The zero-order valence-corrected chi connectivity index (χ0v) is 20.1. The Morgan fingerprint density at radius 1 is 0.667 bits per heavy atom. The summed E-state index contributed by atoms with van der Waals surface area (Å²) in [5, 5.41) is 0. The Hall–Kier alpha value is -4.44. The summed E-state index contributed by atoms with van der Waals surface area (Å²) in [4.78, 5) is 27.6. The molecule has 178 valence electrons. The maximum absolute atomic E-state index is 13.8. The van der Waals surface area contributed by atoms with Crippen LogP contribution in [0, 0.1) is 0 Å². The summed E-state index contributed by atoms with van der Waals surface area (Å²) < 4.78 is 12.3. The lowest BCUT2D eigenvalue weighted by molar-refractivity contribution is 0.0971. The third-order valence-corrected chi connectivity index (χ3v) is 6.16. The highest BCUT2D eigenvalue weighted by Gasteiger charge is 2.35. The minimum Gasteiger partial charge on any atom is -0.488 e. The molecule has 0 N–H and O–H groups in total. The molecule has 4 aromatic rings. The molecule has 36 heavy (non-hydrogen) atoms. The van der Waals surface area contributed by atoms with Crippen molar-refractivity contribution in [2.75, 3.05) is 0 Å². The van der Waals surface area contributed by atoms with Gasteiger partial charge in [0.2, 0.25) is 0 Å². The monoisotopic (exact) mass is 474 g/mol. The van der Waals surface area contributed by atoms with Gasteiger partial charge >= 0.3 is 0 Å². The molecule has 0 aliphatic heterocycles. The second kappa shape index (κ2) is 10.0. The highest BCUT2D eigenvalue weighted by molar-refractivity contribution is 6.30. The molecule has 0 fully saturated rings. The maximum Gasteiger partial charge on any atom is 0.198 e. The summed E-state index contributed by atoms with van der Waals surface area (Å²) in [7, 11) is 0. The van der Waals surface area contributed by atoms with E-state index in [1.165, 1.54) is 0 Å². The molecular weight excluding hydrogens is 448 g/mol. The van der Waals surface area contributed by atoms with Crippen molar-refractivity contribution in [3.63, 3.8) is 0 Å². The average Bonchev–Trinajstić information content (AvgIpc) is 2.90. The van der Waals surface area contributed by atoms with Crippen molar-refractivity contribution in [3.8, 4) is 11.5 Å². The van der Waals surface area contributed by atoms with Crippen molar-refractivity contribution in [2.45, 2.75) is 26.6 Å². The molecule has 4 nitrogen and oxygen atoms in total. The van der Waals surface area contributed by atoms with E-state index in [9.17, 15) is 9.59 Å². The van der Waals surface area contributed by atoms with E-state index in [0.717, 1.165) is 22.3 Å². The average molecular weight is 475 g/mol. The van der Waals surface area contributed by atoms with E-state index in [0.29, 0.717) is 46.8 Å². The molecule has 4 heteroatoms. The Balaban J connectivity index is 1.54. The molecule has 0 saturated heterocycles. The van der Waals surface area contributed by atoms with Crippen LogP contribution < -0.4 is 9.47 Å². The van der Waals surface area contributed by atoms with Crippen LogP contribution >= 0.6 is 0 Å². The molecule has 0 saturated carbocycles. The van der Waals surface area contributed by atoms with E-state index >= 15 is 0 Å². The number of ether oxygens (including phenoxy) is 2. The molecule has 5 rings (SSSR count). The van der Waals surface area contributed by atoms with Crippen molar-refractivity contribution in [1.29, 1.82) is 0 Å². The van der Waals surface area contributed by atoms with Crippen LogP contribution in [0.5, 0.6) is 11.5 Å². The van der Waals surface area contributed by atoms with Crippen molar-refractivity contribution in [2.24, 2.45) is 0 Å². The van der Waals surface area contributed by atoms with Gasteiger partial charge in [0.25, 0.3) is 0 Å². The minimum absolute atomic E-state index is 0.239. The normalized spacial score (nSPS) is 12.0. The fourth-order valence-electron chi connectivity index (χ4n) is 4.48. The highest BCUT2D eigenvalue weighted by Crippen LogP contribution is 2.39. The molecule has 0 amide bonds. The van der Waals surface area contributed by atoms with Crippen LogP contribution in [0.4, 0.5) is 0 Å². The third-order valence-electron chi connectivity index (χ3n) is 6.16. The number of rotatable bonds is 8. The molecular formula is C32H26O4. The van der Waals surface area contributed by atoms with Gasteiger partial charge in [-0.1, -0.05) is 91.0 Å². The first-order chi connectivity index (χ1) is 17.5. The smallest absolute Gasteiger partial charge is 0.198 e. The number of ketones is 2. The summed E-state index contributed by atoms with van der Waals surface area (Å²) in [6.07, 6.45) is 0.548. The lowest BCUT2D eigenvalue weighted by Gasteiger charge is -2.24. The summed E-state index contributed by atoms with van der Waals surface area (Å²) in [5.41, 5.74) is 4.99. The van der Waals surface area contributed by atoms with Gasteiger partial charge in [-0.25, -0.2) is 0 Å². The molecule has 1 aliphatic rings. The Labute approximate surface area is 210 Å².